The average Bonchev–Trinajstić information content (AvgIpc) is 1.86. The zero-order valence-corrected chi connectivity index (χ0v) is 7.51. The van der Waals surface area contributed by atoms with Gasteiger partial charge in [0, 0.05) is 0 Å². The smallest absolute Gasteiger partial charge is 0.0944 e. The van der Waals surface area contributed by atoms with E-state index in [1.807, 2.05) is 6.92 Å². The monoisotopic (exact) mass is 143 g/mol. The third-order valence-corrected chi connectivity index (χ3v) is 2.72. The van der Waals surface area contributed by atoms with Crippen LogP contribution in [-0.4, -0.2) is 6.04 Å². The van der Waals surface area contributed by atoms with Gasteiger partial charge >= 0.3 is 0 Å². The summed E-state index contributed by atoms with van der Waals surface area (Å²) in [6.07, 6.45) is 0. The highest BCUT2D eigenvalue weighted by Crippen LogP contribution is 2.31. The first-order valence-electron chi connectivity index (χ1n) is 3.75. The van der Waals surface area contributed by atoms with Crippen LogP contribution >= 0.6 is 0 Å². The van der Waals surface area contributed by atoms with Crippen LogP contribution in [0.4, 0.5) is 0 Å². The zero-order valence-electron chi connectivity index (χ0n) is 7.51. The van der Waals surface area contributed by atoms with Crippen molar-refractivity contribution in [1.82, 2.24) is 0 Å². The van der Waals surface area contributed by atoms with Gasteiger partial charge in [-0.2, -0.15) is 4.91 Å². The van der Waals surface area contributed by atoms with Crippen molar-refractivity contribution in [3.8, 4) is 0 Å². The van der Waals surface area contributed by atoms with Crippen LogP contribution in [0.25, 0.3) is 0 Å². The van der Waals surface area contributed by atoms with Gasteiger partial charge in [-0.25, -0.2) is 0 Å². The lowest BCUT2D eigenvalue weighted by atomic mass is 9.76. The minimum absolute atomic E-state index is 0.0295. The van der Waals surface area contributed by atoms with Gasteiger partial charge in [0.15, 0.2) is 0 Å². The van der Waals surface area contributed by atoms with Crippen LogP contribution in [-0.2, 0) is 0 Å². The highest BCUT2D eigenvalue weighted by Gasteiger charge is 2.29. The van der Waals surface area contributed by atoms with Gasteiger partial charge in [0.05, 0.1) is 6.04 Å². The van der Waals surface area contributed by atoms with Crippen molar-refractivity contribution < 1.29 is 0 Å². The maximum atomic E-state index is 10.2. The molecule has 0 bridgehead atoms. The van der Waals surface area contributed by atoms with E-state index in [9.17, 15) is 4.91 Å². The topological polar surface area (TPSA) is 29.4 Å². The molecule has 0 amide bonds. The first kappa shape index (κ1) is 9.60. The molecule has 0 aromatic heterocycles. The van der Waals surface area contributed by atoms with Crippen molar-refractivity contribution in [2.24, 2.45) is 16.5 Å². The van der Waals surface area contributed by atoms with Crippen LogP contribution in [0.2, 0.25) is 0 Å². The predicted molar refractivity (Wildman–Crippen MR) is 43.9 cm³/mol. The summed E-state index contributed by atoms with van der Waals surface area (Å²) in [7, 11) is 0. The van der Waals surface area contributed by atoms with E-state index < -0.39 is 0 Å². The van der Waals surface area contributed by atoms with Crippen molar-refractivity contribution in [3.63, 3.8) is 0 Å². The number of hydrogen-bond donors (Lipinski definition) is 0. The van der Waals surface area contributed by atoms with E-state index in [0.29, 0.717) is 5.92 Å². The molecule has 0 saturated heterocycles. The fourth-order valence-corrected chi connectivity index (χ4v) is 0.618. The van der Waals surface area contributed by atoms with E-state index in [1.54, 1.807) is 0 Å². The average molecular weight is 143 g/mol. The molecule has 0 aliphatic carbocycles. The lowest BCUT2D eigenvalue weighted by Gasteiger charge is -2.31. The third kappa shape index (κ3) is 1.79. The van der Waals surface area contributed by atoms with Gasteiger partial charge in [0.2, 0.25) is 0 Å². The molecule has 0 aliphatic rings. The van der Waals surface area contributed by atoms with Crippen molar-refractivity contribution in [2.45, 2.75) is 40.7 Å². The van der Waals surface area contributed by atoms with Crippen LogP contribution in [0, 0.1) is 16.2 Å². The van der Waals surface area contributed by atoms with Crippen LogP contribution < -0.4 is 0 Å². The van der Waals surface area contributed by atoms with Crippen LogP contribution in [0.5, 0.6) is 0 Å². The van der Waals surface area contributed by atoms with E-state index in [1.165, 1.54) is 0 Å². The summed E-state index contributed by atoms with van der Waals surface area (Å²) in [6, 6.07) is -0.0903. The Labute approximate surface area is 63.0 Å². The standard InChI is InChI=1S/C8H17NO/c1-6(2)8(4,5)7(3)9-10/h6-7H,1-5H3. The zero-order chi connectivity index (χ0) is 8.36. The van der Waals surface area contributed by atoms with Crippen molar-refractivity contribution in [2.75, 3.05) is 0 Å². The lowest BCUT2D eigenvalue weighted by Crippen LogP contribution is -2.30. The molecule has 0 spiro atoms. The molecule has 0 aliphatic heterocycles. The molecule has 0 rings (SSSR count). The first-order valence-corrected chi connectivity index (χ1v) is 3.75. The Kier molecular flexibility index (Phi) is 3.00. The van der Waals surface area contributed by atoms with Gasteiger partial charge in [0.25, 0.3) is 0 Å². The molecule has 0 aromatic carbocycles. The highest BCUT2D eigenvalue weighted by molar-refractivity contribution is 4.82. The van der Waals surface area contributed by atoms with Crippen molar-refractivity contribution in [1.29, 1.82) is 0 Å². The molecule has 2 heteroatoms. The summed E-state index contributed by atoms with van der Waals surface area (Å²) in [5.74, 6) is 0.500. The molecule has 60 valence electrons. The normalized spacial score (nSPS) is 15.4. The molecule has 0 fully saturated rings. The summed E-state index contributed by atoms with van der Waals surface area (Å²) < 4.78 is 0. The van der Waals surface area contributed by atoms with E-state index in [2.05, 4.69) is 32.9 Å². The minimum Gasteiger partial charge on any atom is -0.151 e. The van der Waals surface area contributed by atoms with Gasteiger partial charge in [-0.3, -0.25) is 0 Å². The summed E-state index contributed by atoms with van der Waals surface area (Å²) in [6.45, 7) is 10.2. The Morgan fingerprint density at radius 2 is 1.60 bits per heavy atom. The molecular weight excluding hydrogens is 126 g/mol. The van der Waals surface area contributed by atoms with Gasteiger partial charge in [-0.1, -0.05) is 32.9 Å². The summed E-state index contributed by atoms with van der Waals surface area (Å²) in [5.41, 5.74) is 0.0295. The molecular formula is C8H17NO. The highest BCUT2D eigenvalue weighted by atomic mass is 16.3. The number of nitroso groups, excluding NO2 is 1. The quantitative estimate of drug-likeness (QED) is 0.558. The molecule has 0 saturated carbocycles. The van der Waals surface area contributed by atoms with E-state index in [-0.39, 0.29) is 11.5 Å². The third-order valence-electron chi connectivity index (χ3n) is 2.72. The first-order chi connectivity index (χ1) is 4.42. The Morgan fingerprint density at radius 1 is 1.20 bits per heavy atom. The lowest BCUT2D eigenvalue weighted by molar-refractivity contribution is 0.206. The maximum Gasteiger partial charge on any atom is 0.0944 e. The largest absolute Gasteiger partial charge is 0.151 e. The van der Waals surface area contributed by atoms with Gasteiger partial charge < -0.3 is 0 Å². The van der Waals surface area contributed by atoms with E-state index in [4.69, 9.17) is 0 Å². The van der Waals surface area contributed by atoms with Crippen molar-refractivity contribution >= 4 is 0 Å². The molecule has 10 heavy (non-hydrogen) atoms. The maximum absolute atomic E-state index is 10.2. The molecule has 0 N–H and O–H groups in total. The second-order valence-electron chi connectivity index (χ2n) is 3.76. The summed E-state index contributed by atoms with van der Waals surface area (Å²) in [5, 5.41) is 3.03. The molecule has 0 radical (unpaired) electrons. The van der Waals surface area contributed by atoms with E-state index >= 15 is 0 Å². The van der Waals surface area contributed by atoms with E-state index in [0.717, 1.165) is 0 Å². The summed E-state index contributed by atoms with van der Waals surface area (Å²) >= 11 is 0. The second-order valence-corrected chi connectivity index (χ2v) is 3.76. The Hall–Kier alpha value is -0.400. The second kappa shape index (κ2) is 3.13. The van der Waals surface area contributed by atoms with Crippen molar-refractivity contribution in [3.05, 3.63) is 4.91 Å². The molecule has 2 nitrogen and oxygen atoms in total. The van der Waals surface area contributed by atoms with Crippen LogP contribution in [0.3, 0.4) is 0 Å². The van der Waals surface area contributed by atoms with Gasteiger partial charge in [-0.15, -0.1) is 0 Å². The Bertz CT molecular complexity index is 118. The number of nitrogens with zero attached hydrogens (tertiary/aromatic N) is 1. The Balaban J connectivity index is 4.22. The molecule has 0 heterocycles. The molecule has 1 unspecified atom stereocenters. The predicted octanol–water partition coefficient (Wildman–Crippen LogP) is 2.82. The summed E-state index contributed by atoms with van der Waals surface area (Å²) in [4.78, 5) is 10.2. The number of rotatable bonds is 3. The molecule has 1 atom stereocenters. The van der Waals surface area contributed by atoms with Gasteiger partial charge in [-0.05, 0) is 18.3 Å². The fraction of sp³-hybridized carbons (Fsp3) is 1.00. The minimum atomic E-state index is -0.0903. The van der Waals surface area contributed by atoms with Crippen LogP contribution in [0.15, 0.2) is 5.18 Å². The van der Waals surface area contributed by atoms with Gasteiger partial charge in [0.1, 0.15) is 0 Å². The molecule has 0 aromatic rings. The van der Waals surface area contributed by atoms with Crippen LogP contribution in [0.1, 0.15) is 34.6 Å². The number of hydrogen-bond acceptors (Lipinski definition) is 2. The SMILES string of the molecule is CC(C)C(C)(C)C(C)N=O. The Morgan fingerprint density at radius 3 is 1.70 bits per heavy atom. The fourth-order valence-electron chi connectivity index (χ4n) is 0.618.